The SMILES string of the molecule is CC(C)CN(CC(=O)O)C(=O)NCCc1ncn(C)n1. The van der Waals surface area contributed by atoms with Crippen LogP contribution in [-0.4, -0.2) is 56.4 Å². The lowest BCUT2D eigenvalue weighted by atomic mass is 10.2. The molecule has 0 bridgehead atoms. The number of carbonyl (C=O) groups excluding carboxylic acids is 1. The van der Waals surface area contributed by atoms with Crippen molar-refractivity contribution in [2.75, 3.05) is 19.6 Å². The minimum absolute atomic E-state index is 0.206. The minimum atomic E-state index is -1.02. The Morgan fingerprint density at radius 3 is 2.70 bits per heavy atom. The molecule has 0 radical (unpaired) electrons. The molecule has 0 aliphatic heterocycles. The number of rotatable bonds is 7. The number of carbonyl (C=O) groups is 2. The number of hydrogen-bond donors (Lipinski definition) is 2. The lowest BCUT2D eigenvalue weighted by Crippen LogP contribution is -2.45. The summed E-state index contributed by atoms with van der Waals surface area (Å²) >= 11 is 0. The summed E-state index contributed by atoms with van der Waals surface area (Å²) in [6.07, 6.45) is 2.10. The number of urea groups is 1. The second-order valence-corrected chi connectivity index (χ2v) is 4.98. The van der Waals surface area contributed by atoms with E-state index in [2.05, 4.69) is 15.4 Å². The Morgan fingerprint density at radius 2 is 2.20 bits per heavy atom. The van der Waals surface area contributed by atoms with Crippen LogP contribution in [0.1, 0.15) is 19.7 Å². The summed E-state index contributed by atoms with van der Waals surface area (Å²) in [7, 11) is 1.77. The molecule has 0 fully saturated rings. The molecule has 112 valence electrons. The summed E-state index contributed by atoms with van der Waals surface area (Å²) < 4.78 is 1.59. The van der Waals surface area contributed by atoms with Crippen LogP contribution < -0.4 is 5.32 Å². The molecule has 0 aromatic carbocycles. The first-order valence-corrected chi connectivity index (χ1v) is 6.47. The smallest absolute Gasteiger partial charge is 0.323 e. The Balaban J connectivity index is 2.42. The van der Waals surface area contributed by atoms with Gasteiger partial charge in [-0.2, -0.15) is 5.10 Å². The number of amides is 2. The fourth-order valence-electron chi connectivity index (χ4n) is 1.71. The van der Waals surface area contributed by atoms with Crippen molar-refractivity contribution >= 4 is 12.0 Å². The Bertz CT molecular complexity index is 458. The maximum atomic E-state index is 11.9. The molecular weight excluding hydrogens is 262 g/mol. The van der Waals surface area contributed by atoms with E-state index >= 15 is 0 Å². The maximum absolute atomic E-state index is 11.9. The van der Waals surface area contributed by atoms with Gasteiger partial charge < -0.3 is 15.3 Å². The first-order valence-electron chi connectivity index (χ1n) is 6.47. The van der Waals surface area contributed by atoms with Gasteiger partial charge in [0.2, 0.25) is 0 Å². The van der Waals surface area contributed by atoms with Gasteiger partial charge >= 0.3 is 12.0 Å². The lowest BCUT2D eigenvalue weighted by molar-refractivity contribution is -0.137. The third kappa shape index (κ3) is 5.68. The highest BCUT2D eigenvalue weighted by Crippen LogP contribution is 1.99. The van der Waals surface area contributed by atoms with E-state index < -0.39 is 5.97 Å². The monoisotopic (exact) mass is 283 g/mol. The number of nitrogens with one attached hydrogen (secondary N) is 1. The van der Waals surface area contributed by atoms with E-state index in [1.807, 2.05) is 13.8 Å². The molecule has 0 unspecified atom stereocenters. The Labute approximate surface area is 117 Å². The topological polar surface area (TPSA) is 100 Å². The highest BCUT2D eigenvalue weighted by atomic mass is 16.4. The van der Waals surface area contributed by atoms with Crippen molar-refractivity contribution in [3.8, 4) is 0 Å². The van der Waals surface area contributed by atoms with Crippen molar-refractivity contribution in [1.82, 2.24) is 25.0 Å². The molecule has 1 rings (SSSR count). The van der Waals surface area contributed by atoms with Gasteiger partial charge in [0.1, 0.15) is 12.9 Å². The quantitative estimate of drug-likeness (QED) is 0.739. The predicted molar refractivity (Wildman–Crippen MR) is 72.2 cm³/mol. The van der Waals surface area contributed by atoms with Crippen LogP contribution >= 0.6 is 0 Å². The highest BCUT2D eigenvalue weighted by molar-refractivity contribution is 5.80. The Kier molecular flexibility index (Phi) is 5.95. The summed E-state index contributed by atoms with van der Waals surface area (Å²) in [5, 5.41) is 15.6. The van der Waals surface area contributed by atoms with E-state index in [0.717, 1.165) is 0 Å². The summed E-state index contributed by atoms with van der Waals surface area (Å²) in [4.78, 5) is 28.0. The fourth-order valence-corrected chi connectivity index (χ4v) is 1.71. The number of nitrogens with zero attached hydrogens (tertiary/aromatic N) is 4. The van der Waals surface area contributed by atoms with Gasteiger partial charge in [-0.25, -0.2) is 9.78 Å². The molecule has 0 atom stereocenters. The number of carboxylic acid groups (broad SMARTS) is 1. The van der Waals surface area contributed by atoms with Crippen LogP contribution in [0.15, 0.2) is 6.33 Å². The first kappa shape index (κ1) is 15.9. The third-order valence-corrected chi connectivity index (χ3v) is 2.47. The molecule has 20 heavy (non-hydrogen) atoms. The van der Waals surface area contributed by atoms with Crippen molar-refractivity contribution in [3.63, 3.8) is 0 Å². The van der Waals surface area contributed by atoms with Gasteiger partial charge in [-0.15, -0.1) is 0 Å². The normalized spacial score (nSPS) is 10.6. The number of aliphatic carboxylic acids is 1. The Morgan fingerprint density at radius 1 is 1.50 bits per heavy atom. The van der Waals surface area contributed by atoms with Crippen LogP contribution in [0.2, 0.25) is 0 Å². The van der Waals surface area contributed by atoms with E-state index in [9.17, 15) is 9.59 Å². The summed E-state index contributed by atoms with van der Waals surface area (Å²) in [5.41, 5.74) is 0. The van der Waals surface area contributed by atoms with Crippen LogP contribution in [0.25, 0.3) is 0 Å². The molecular formula is C12H21N5O3. The molecule has 0 aliphatic rings. The fraction of sp³-hybridized carbons (Fsp3) is 0.667. The van der Waals surface area contributed by atoms with Crippen molar-refractivity contribution in [1.29, 1.82) is 0 Å². The van der Waals surface area contributed by atoms with Gasteiger partial charge in [-0.1, -0.05) is 13.8 Å². The van der Waals surface area contributed by atoms with Gasteiger partial charge in [0.05, 0.1) is 0 Å². The average Bonchev–Trinajstić information content (AvgIpc) is 2.73. The van der Waals surface area contributed by atoms with Gasteiger partial charge in [0, 0.05) is 26.6 Å². The number of hydrogen-bond acceptors (Lipinski definition) is 4. The largest absolute Gasteiger partial charge is 0.480 e. The molecule has 0 saturated heterocycles. The lowest BCUT2D eigenvalue weighted by Gasteiger charge is -2.22. The third-order valence-electron chi connectivity index (χ3n) is 2.47. The maximum Gasteiger partial charge on any atom is 0.323 e. The zero-order chi connectivity index (χ0) is 15.1. The predicted octanol–water partition coefficient (Wildman–Crippen LogP) is 0.110. The van der Waals surface area contributed by atoms with Gasteiger partial charge in [-0.3, -0.25) is 9.48 Å². The van der Waals surface area contributed by atoms with E-state index in [4.69, 9.17) is 5.11 Å². The van der Waals surface area contributed by atoms with E-state index in [1.54, 1.807) is 18.1 Å². The molecule has 1 aromatic heterocycles. The minimum Gasteiger partial charge on any atom is -0.480 e. The molecule has 8 heteroatoms. The van der Waals surface area contributed by atoms with Crippen molar-refractivity contribution in [2.45, 2.75) is 20.3 Å². The zero-order valence-electron chi connectivity index (χ0n) is 12.0. The van der Waals surface area contributed by atoms with Gasteiger partial charge in [0.15, 0.2) is 5.82 Å². The summed E-state index contributed by atoms with van der Waals surface area (Å²) in [6, 6.07) is -0.378. The molecule has 2 amide bonds. The van der Waals surface area contributed by atoms with Crippen LogP contribution in [0.5, 0.6) is 0 Å². The van der Waals surface area contributed by atoms with Crippen LogP contribution in [-0.2, 0) is 18.3 Å². The second kappa shape index (κ2) is 7.46. The van der Waals surface area contributed by atoms with Crippen molar-refractivity contribution in [3.05, 3.63) is 12.2 Å². The number of aryl methyl sites for hydroxylation is 1. The van der Waals surface area contributed by atoms with E-state index in [-0.39, 0.29) is 18.5 Å². The van der Waals surface area contributed by atoms with E-state index in [1.165, 1.54) is 4.90 Å². The summed E-state index contributed by atoms with van der Waals surface area (Å²) in [6.45, 7) is 4.34. The summed E-state index contributed by atoms with van der Waals surface area (Å²) in [5.74, 6) is -0.175. The zero-order valence-corrected chi connectivity index (χ0v) is 12.0. The number of aromatic nitrogens is 3. The highest BCUT2D eigenvalue weighted by Gasteiger charge is 2.17. The molecule has 8 nitrogen and oxygen atoms in total. The Hall–Kier alpha value is -2.12. The molecule has 0 aliphatic carbocycles. The molecule has 0 saturated carbocycles. The van der Waals surface area contributed by atoms with Gasteiger partial charge in [-0.05, 0) is 5.92 Å². The molecule has 0 spiro atoms. The van der Waals surface area contributed by atoms with E-state index in [0.29, 0.717) is 25.3 Å². The molecule has 1 heterocycles. The first-order chi connectivity index (χ1) is 9.38. The van der Waals surface area contributed by atoms with Crippen LogP contribution in [0.4, 0.5) is 4.79 Å². The van der Waals surface area contributed by atoms with Gasteiger partial charge in [0.25, 0.3) is 0 Å². The second-order valence-electron chi connectivity index (χ2n) is 4.98. The van der Waals surface area contributed by atoms with Crippen LogP contribution in [0.3, 0.4) is 0 Å². The average molecular weight is 283 g/mol. The number of carboxylic acids is 1. The molecule has 2 N–H and O–H groups in total. The van der Waals surface area contributed by atoms with Crippen LogP contribution in [0, 0.1) is 5.92 Å². The van der Waals surface area contributed by atoms with Crippen molar-refractivity contribution < 1.29 is 14.7 Å². The standard InChI is InChI=1S/C12H21N5O3/c1-9(2)6-17(7-11(18)19)12(20)13-5-4-10-14-8-16(3)15-10/h8-9H,4-7H2,1-3H3,(H,13,20)(H,18,19). The van der Waals surface area contributed by atoms with Crippen molar-refractivity contribution in [2.24, 2.45) is 13.0 Å². The molecule has 1 aromatic rings.